The maximum Gasteiger partial charge on any atom is 0.272 e. The number of piperazine rings is 1. The van der Waals surface area contributed by atoms with Crippen LogP contribution in [0, 0.1) is 21.7 Å². The lowest BCUT2D eigenvalue weighted by Crippen LogP contribution is -2.52. The van der Waals surface area contributed by atoms with E-state index in [0.29, 0.717) is 60.9 Å². The molecule has 3 aromatic carbocycles. The average Bonchev–Trinajstić information content (AvgIpc) is 3.33. The zero-order chi connectivity index (χ0) is 31.0. The van der Waals surface area contributed by atoms with Crippen LogP contribution in [0.25, 0.3) is 0 Å². The van der Waals surface area contributed by atoms with Crippen LogP contribution in [0.15, 0.2) is 54.6 Å². The molecule has 0 radical (unpaired) electrons. The highest BCUT2D eigenvalue weighted by Gasteiger charge is 2.40. The molecule has 13 heteroatoms. The lowest BCUT2D eigenvalue weighted by Gasteiger charge is -2.36. The molecule has 1 atom stereocenters. The van der Waals surface area contributed by atoms with Gasteiger partial charge in [-0.15, -0.1) is 0 Å². The molecule has 44 heavy (non-hydrogen) atoms. The van der Waals surface area contributed by atoms with Gasteiger partial charge >= 0.3 is 0 Å². The number of non-ortho nitro benzene ring substituents is 1. The molecule has 0 aromatic heterocycles. The van der Waals surface area contributed by atoms with E-state index in [2.05, 4.69) is 10.2 Å². The quantitative estimate of drug-likeness (QED) is 0.235. The van der Waals surface area contributed by atoms with Crippen molar-refractivity contribution < 1.29 is 32.8 Å². The number of carbonyl (C=O) groups excluding carboxylic acids is 3. The van der Waals surface area contributed by atoms with Gasteiger partial charge in [-0.2, -0.15) is 0 Å². The van der Waals surface area contributed by atoms with Crippen molar-refractivity contribution in [1.82, 2.24) is 15.1 Å². The van der Waals surface area contributed by atoms with Crippen molar-refractivity contribution in [3.8, 4) is 5.75 Å². The van der Waals surface area contributed by atoms with Crippen molar-refractivity contribution in [2.75, 3.05) is 31.1 Å². The summed E-state index contributed by atoms with van der Waals surface area (Å²) in [4.78, 5) is 52.6. The van der Waals surface area contributed by atoms with Crippen LogP contribution in [-0.2, 0) is 29.3 Å². The number of halogens is 2. The molecule has 3 amide bonds. The molecule has 6 rings (SSSR count). The average molecular weight is 606 g/mol. The van der Waals surface area contributed by atoms with Gasteiger partial charge in [0.15, 0.2) is 5.82 Å². The lowest BCUT2D eigenvalue weighted by atomic mass is 10.0. The first-order valence-corrected chi connectivity index (χ1v) is 14.3. The molecule has 11 nitrogen and oxygen atoms in total. The van der Waals surface area contributed by atoms with Crippen LogP contribution in [-0.4, -0.2) is 64.7 Å². The number of carbonyl (C=O) groups is 3. The van der Waals surface area contributed by atoms with Gasteiger partial charge in [-0.05, 0) is 36.2 Å². The van der Waals surface area contributed by atoms with Crippen molar-refractivity contribution in [1.29, 1.82) is 0 Å². The standard InChI is InChI=1S/C31H29F2N5O6/c32-24-14-19(16-35-10-12-36(13-11-35)26-7-6-21(38(42)43)15-25(26)33)4-5-20(24)18-44-28-3-1-2-22-23(28)17-37(31(22)41)27-8-9-29(39)34-30(27)40/h1-7,14-15,27H,8-13,16-18H2,(H,34,39,40)/t27-/m0/s1. The van der Waals surface area contributed by atoms with Crippen LogP contribution in [0.5, 0.6) is 5.75 Å². The summed E-state index contributed by atoms with van der Waals surface area (Å²) >= 11 is 0. The number of nitrogens with one attached hydrogen (secondary N) is 1. The van der Waals surface area contributed by atoms with Crippen LogP contribution in [0.2, 0.25) is 0 Å². The van der Waals surface area contributed by atoms with Gasteiger partial charge in [-0.25, -0.2) is 8.78 Å². The van der Waals surface area contributed by atoms with Crippen LogP contribution in [0.4, 0.5) is 20.2 Å². The van der Waals surface area contributed by atoms with E-state index >= 15 is 4.39 Å². The highest BCUT2D eigenvalue weighted by molar-refractivity contribution is 6.05. The Morgan fingerprint density at radius 1 is 0.977 bits per heavy atom. The summed E-state index contributed by atoms with van der Waals surface area (Å²) in [6.45, 7) is 2.85. The van der Waals surface area contributed by atoms with Crippen LogP contribution in [0.1, 0.15) is 39.9 Å². The molecule has 2 fully saturated rings. The van der Waals surface area contributed by atoms with Crippen molar-refractivity contribution in [2.24, 2.45) is 0 Å². The number of anilines is 1. The molecule has 0 aliphatic carbocycles. The summed E-state index contributed by atoms with van der Waals surface area (Å²) in [6.07, 6.45) is 0.416. The number of fused-ring (bicyclic) bond motifs is 1. The third-order valence-electron chi connectivity index (χ3n) is 8.30. The molecule has 3 aliphatic rings. The summed E-state index contributed by atoms with van der Waals surface area (Å²) in [6, 6.07) is 12.9. The van der Waals surface area contributed by atoms with E-state index in [1.54, 1.807) is 24.3 Å². The Kier molecular flexibility index (Phi) is 7.95. The van der Waals surface area contributed by atoms with Gasteiger partial charge in [-0.1, -0.05) is 18.2 Å². The number of benzene rings is 3. The second-order valence-electron chi connectivity index (χ2n) is 11.1. The predicted molar refractivity (Wildman–Crippen MR) is 154 cm³/mol. The Bertz CT molecular complexity index is 1660. The minimum Gasteiger partial charge on any atom is -0.488 e. The highest BCUT2D eigenvalue weighted by Crippen LogP contribution is 2.34. The first-order valence-electron chi connectivity index (χ1n) is 14.3. The summed E-state index contributed by atoms with van der Waals surface area (Å²) in [5.74, 6) is -1.79. The monoisotopic (exact) mass is 605 g/mol. The number of imide groups is 1. The van der Waals surface area contributed by atoms with E-state index in [1.807, 2.05) is 11.0 Å². The Balaban J connectivity index is 1.05. The highest BCUT2D eigenvalue weighted by atomic mass is 19.1. The van der Waals surface area contributed by atoms with Crippen LogP contribution < -0.4 is 15.0 Å². The topological polar surface area (TPSA) is 125 Å². The smallest absolute Gasteiger partial charge is 0.272 e. The SMILES string of the molecule is O=C1CC[C@H](N2Cc3c(OCc4ccc(CN5CCN(c6ccc([N+](=O)[O-])cc6F)CC5)cc4F)cccc3C2=O)C(=O)N1. The van der Waals surface area contributed by atoms with Gasteiger partial charge in [0.05, 0.1) is 23.2 Å². The summed E-state index contributed by atoms with van der Waals surface area (Å²) < 4.78 is 35.5. The molecule has 0 unspecified atom stereocenters. The summed E-state index contributed by atoms with van der Waals surface area (Å²) in [5.41, 5.74) is 2.18. The van der Waals surface area contributed by atoms with Gasteiger partial charge in [0.2, 0.25) is 11.8 Å². The lowest BCUT2D eigenvalue weighted by molar-refractivity contribution is -0.385. The van der Waals surface area contributed by atoms with E-state index in [-0.39, 0.29) is 43.5 Å². The Labute approximate surface area is 251 Å². The fourth-order valence-electron chi connectivity index (χ4n) is 5.93. The van der Waals surface area contributed by atoms with E-state index in [4.69, 9.17) is 4.74 Å². The van der Waals surface area contributed by atoms with Crippen LogP contribution >= 0.6 is 0 Å². The third-order valence-corrected chi connectivity index (χ3v) is 8.30. The number of ether oxygens (including phenoxy) is 1. The number of piperidine rings is 1. The number of rotatable bonds is 8. The number of amides is 3. The minimum absolute atomic E-state index is 0.0609. The third kappa shape index (κ3) is 5.82. The maximum absolute atomic E-state index is 15.1. The van der Waals surface area contributed by atoms with Crippen molar-refractivity contribution in [2.45, 2.75) is 38.6 Å². The second-order valence-corrected chi connectivity index (χ2v) is 11.1. The van der Waals surface area contributed by atoms with Gasteiger partial charge in [0.25, 0.3) is 11.6 Å². The van der Waals surface area contributed by atoms with Gasteiger partial charge in [0.1, 0.15) is 24.2 Å². The van der Waals surface area contributed by atoms with Gasteiger partial charge in [-0.3, -0.25) is 34.7 Å². The molecule has 0 spiro atoms. The Morgan fingerprint density at radius 2 is 1.77 bits per heavy atom. The molecule has 0 bridgehead atoms. The first-order chi connectivity index (χ1) is 21.2. The zero-order valence-electron chi connectivity index (χ0n) is 23.6. The molecule has 3 aliphatic heterocycles. The number of hydrogen-bond donors (Lipinski definition) is 1. The van der Waals surface area contributed by atoms with Crippen molar-refractivity contribution in [3.63, 3.8) is 0 Å². The largest absolute Gasteiger partial charge is 0.488 e. The van der Waals surface area contributed by atoms with Crippen LogP contribution in [0.3, 0.4) is 0 Å². The Morgan fingerprint density at radius 3 is 2.48 bits per heavy atom. The number of nitrogens with zero attached hydrogens (tertiary/aromatic N) is 4. The minimum atomic E-state index is -0.739. The molecule has 3 heterocycles. The molecule has 0 saturated carbocycles. The van der Waals surface area contributed by atoms with Crippen molar-refractivity contribution >= 4 is 29.1 Å². The predicted octanol–water partition coefficient (Wildman–Crippen LogP) is 3.54. The number of nitro groups is 1. The van der Waals surface area contributed by atoms with E-state index in [1.165, 1.54) is 23.1 Å². The molecule has 228 valence electrons. The molecular formula is C31H29F2N5O6. The maximum atomic E-state index is 15.1. The van der Waals surface area contributed by atoms with Gasteiger partial charge in [0, 0.05) is 61.9 Å². The molecule has 2 saturated heterocycles. The first kappa shape index (κ1) is 29.2. The fraction of sp³-hybridized carbons (Fsp3) is 0.323. The summed E-state index contributed by atoms with van der Waals surface area (Å²) in [7, 11) is 0. The zero-order valence-corrected chi connectivity index (χ0v) is 23.6. The van der Waals surface area contributed by atoms with E-state index in [0.717, 1.165) is 11.6 Å². The number of nitro benzene ring substituents is 1. The Hall–Kier alpha value is -4.91. The van der Waals surface area contributed by atoms with Crippen molar-refractivity contribution in [3.05, 3.63) is 98.6 Å². The van der Waals surface area contributed by atoms with E-state index < -0.39 is 28.5 Å². The second kappa shape index (κ2) is 12.0. The number of hydrogen-bond acceptors (Lipinski definition) is 8. The van der Waals surface area contributed by atoms with E-state index in [9.17, 15) is 28.9 Å². The molecule has 3 aromatic rings. The van der Waals surface area contributed by atoms with Gasteiger partial charge < -0.3 is 14.5 Å². The molecular weight excluding hydrogens is 576 g/mol. The molecule has 1 N–H and O–H groups in total. The normalized spacial score (nSPS) is 18.8. The summed E-state index contributed by atoms with van der Waals surface area (Å²) in [5, 5.41) is 13.2. The fourth-order valence-corrected chi connectivity index (χ4v) is 5.93.